The second-order valence-corrected chi connectivity index (χ2v) is 3.90. The van der Waals surface area contributed by atoms with Crippen LogP contribution < -0.4 is 0 Å². The zero-order valence-corrected chi connectivity index (χ0v) is 7.81. The van der Waals surface area contributed by atoms with Crippen LogP contribution in [-0.4, -0.2) is 10.1 Å². The van der Waals surface area contributed by atoms with Gasteiger partial charge in [-0.3, -0.25) is 0 Å². The minimum absolute atomic E-state index is 0.296. The fraction of sp³-hybridized carbons (Fsp3) is 0.222. The highest BCUT2D eigenvalue weighted by Gasteiger charge is 2.08. The maximum atomic E-state index is 12.7. The van der Waals surface area contributed by atoms with Crippen molar-refractivity contribution in [2.45, 2.75) is 13.0 Å². The van der Waals surface area contributed by atoms with Crippen LogP contribution >= 0.6 is 11.3 Å². The molecule has 1 unspecified atom stereocenters. The number of thiazole rings is 1. The van der Waals surface area contributed by atoms with E-state index in [9.17, 15) is 9.50 Å². The van der Waals surface area contributed by atoms with E-state index in [1.54, 1.807) is 13.0 Å². The van der Waals surface area contributed by atoms with Gasteiger partial charge in [-0.25, -0.2) is 9.37 Å². The first-order chi connectivity index (χ1) is 6.16. The number of aliphatic hydroxyl groups is 1. The summed E-state index contributed by atoms with van der Waals surface area (Å²) >= 11 is 1.39. The van der Waals surface area contributed by atoms with Gasteiger partial charge in [-0.2, -0.15) is 0 Å². The molecule has 0 bridgehead atoms. The molecule has 2 nitrogen and oxygen atoms in total. The van der Waals surface area contributed by atoms with E-state index in [2.05, 4.69) is 4.98 Å². The quantitative estimate of drug-likeness (QED) is 0.761. The zero-order chi connectivity index (χ0) is 9.42. The van der Waals surface area contributed by atoms with Crippen LogP contribution in [-0.2, 0) is 0 Å². The summed E-state index contributed by atoms with van der Waals surface area (Å²) in [7, 11) is 0. The van der Waals surface area contributed by atoms with E-state index < -0.39 is 6.10 Å². The molecule has 0 radical (unpaired) electrons. The normalized spacial score (nSPS) is 13.5. The van der Waals surface area contributed by atoms with E-state index in [4.69, 9.17) is 0 Å². The van der Waals surface area contributed by atoms with Gasteiger partial charge in [0.2, 0.25) is 0 Å². The van der Waals surface area contributed by atoms with Crippen molar-refractivity contribution in [3.63, 3.8) is 0 Å². The average molecular weight is 197 g/mol. The molecule has 1 aromatic carbocycles. The lowest BCUT2D eigenvalue weighted by atomic mass is 10.3. The second kappa shape index (κ2) is 3.05. The minimum Gasteiger partial charge on any atom is -0.386 e. The Morgan fingerprint density at radius 3 is 3.00 bits per heavy atom. The third-order valence-corrected chi connectivity index (χ3v) is 2.93. The largest absolute Gasteiger partial charge is 0.386 e. The van der Waals surface area contributed by atoms with Crippen molar-refractivity contribution in [2.75, 3.05) is 0 Å². The van der Waals surface area contributed by atoms with Crippen molar-refractivity contribution in [3.8, 4) is 0 Å². The Hall–Kier alpha value is -1.00. The monoisotopic (exact) mass is 197 g/mol. The summed E-state index contributed by atoms with van der Waals surface area (Å²) in [5.41, 5.74) is 0.612. The van der Waals surface area contributed by atoms with Gasteiger partial charge in [0.05, 0.1) is 10.2 Å². The van der Waals surface area contributed by atoms with Crippen LogP contribution in [0, 0.1) is 5.82 Å². The molecule has 2 aromatic rings. The van der Waals surface area contributed by atoms with E-state index in [1.807, 2.05) is 0 Å². The fourth-order valence-electron chi connectivity index (χ4n) is 1.10. The van der Waals surface area contributed by atoms with Gasteiger partial charge in [0.15, 0.2) is 0 Å². The number of fused-ring (bicyclic) bond motifs is 1. The van der Waals surface area contributed by atoms with Crippen molar-refractivity contribution >= 4 is 21.6 Å². The van der Waals surface area contributed by atoms with E-state index in [0.29, 0.717) is 10.5 Å². The number of hydrogen-bond acceptors (Lipinski definition) is 3. The van der Waals surface area contributed by atoms with Gasteiger partial charge in [-0.05, 0) is 19.1 Å². The lowest BCUT2D eigenvalue weighted by molar-refractivity contribution is 0.199. The summed E-state index contributed by atoms with van der Waals surface area (Å²) in [5, 5.41) is 9.87. The molecule has 1 N–H and O–H groups in total. The SMILES string of the molecule is CC(O)c1nc2cc(F)ccc2s1. The molecule has 2 rings (SSSR count). The Morgan fingerprint density at radius 1 is 1.54 bits per heavy atom. The molecule has 0 saturated heterocycles. The molecule has 0 fully saturated rings. The van der Waals surface area contributed by atoms with Crippen molar-refractivity contribution < 1.29 is 9.50 Å². The number of aromatic nitrogens is 1. The summed E-state index contributed by atoms with van der Waals surface area (Å²) in [6.45, 7) is 1.65. The van der Waals surface area contributed by atoms with Gasteiger partial charge in [0, 0.05) is 6.07 Å². The van der Waals surface area contributed by atoms with Crippen LogP contribution in [0.15, 0.2) is 18.2 Å². The van der Waals surface area contributed by atoms with Crippen molar-refractivity contribution in [2.24, 2.45) is 0 Å². The molecule has 0 saturated carbocycles. The summed E-state index contributed by atoms with van der Waals surface area (Å²) in [6.07, 6.45) is -0.583. The summed E-state index contributed by atoms with van der Waals surface area (Å²) in [4.78, 5) is 4.10. The molecule has 1 atom stereocenters. The minimum atomic E-state index is -0.583. The Labute approximate surface area is 78.7 Å². The van der Waals surface area contributed by atoms with Crippen LogP contribution in [0.2, 0.25) is 0 Å². The maximum absolute atomic E-state index is 12.7. The summed E-state index contributed by atoms with van der Waals surface area (Å²) in [5.74, 6) is -0.296. The highest BCUT2D eigenvalue weighted by molar-refractivity contribution is 7.18. The van der Waals surface area contributed by atoms with Crippen LogP contribution in [0.25, 0.3) is 10.2 Å². The molecule has 1 heterocycles. The first-order valence-corrected chi connectivity index (χ1v) is 4.72. The molecule has 1 aromatic heterocycles. The summed E-state index contributed by atoms with van der Waals surface area (Å²) < 4.78 is 13.6. The molecular weight excluding hydrogens is 189 g/mol. The second-order valence-electron chi connectivity index (χ2n) is 2.84. The maximum Gasteiger partial charge on any atom is 0.125 e. The third kappa shape index (κ3) is 1.55. The van der Waals surface area contributed by atoms with Crippen molar-refractivity contribution in [1.29, 1.82) is 0 Å². The topological polar surface area (TPSA) is 33.1 Å². The smallest absolute Gasteiger partial charge is 0.125 e. The first kappa shape index (κ1) is 8.59. The Balaban J connectivity index is 2.62. The highest BCUT2D eigenvalue weighted by Crippen LogP contribution is 2.26. The molecule has 68 valence electrons. The van der Waals surface area contributed by atoms with Crippen LogP contribution in [0.1, 0.15) is 18.0 Å². The summed E-state index contributed by atoms with van der Waals surface area (Å²) in [6, 6.07) is 4.44. The van der Waals surface area contributed by atoms with Crippen LogP contribution in [0.5, 0.6) is 0 Å². The van der Waals surface area contributed by atoms with Gasteiger partial charge < -0.3 is 5.11 Å². The molecule has 0 aliphatic rings. The predicted molar refractivity (Wildman–Crippen MR) is 50.2 cm³/mol. The fourth-order valence-corrected chi connectivity index (χ4v) is 1.98. The molecule has 13 heavy (non-hydrogen) atoms. The third-order valence-electron chi connectivity index (χ3n) is 1.72. The van der Waals surface area contributed by atoms with Gasteiger partial charge >= 0.3 is 0 Å². The number of nitrogens with zero attached hydrogens (tertiary/aromatic N) is 1. The van der Waals surface area contributed by atoms with Crippen LogP contribution in [0.4, 0.5) is 4.39 Å². The van der Waals surface area contributed by atoms with Gasteiger partial charge in [0.1, 0.15) is 16.9 Å². The first-order valence-electron chi connectivity index (χ1n) is 3.91. The Kier molecular flexibility index (Phi) is 2.01. The van der Waals surface area contributed by atoms with Crippen molar-refractivity contribution in [3.05, 3.63) is 29.0 Å². The van der Waals surface area contributed by atoms with E-state index in [1.165, 1.54) is 23.5 Å². The zero-order valence-electron chi connectivity index (χ0n) is 6.99. The number of rotatable bonds is 1. The number of aliphatic hydroxyl groups excluding tert-OH is 1. The molecule has 0 spiro atoms. The van der Waals surface area contributed by atoms with E-state index in [-0.39, 0.29) is 5.82 Å². The van der Waals surface area contributed by atoms with E-state index >= 15 is 0 Å². The molecule has 0 amide bonds. The lowest BCUT2D eigenvalue weighted by Gasteiger charge is -1.93. The number of hydrogen-bond donors (Lipinski definition) is 1. The standard InChI is InChI=1S/C9H8FNOS/c1-5(12)9-11-7-4-6(10)2-3-8(7)13-9/h2-5,12H,1H3. The molecule has 4 heteroatoms. The Morgan fingerprint density at radius 2 is 2.31 bits per heavy atom. The molecular formula is C9H8FNOS. The molecule has 0 aliphatic carbocycles. The predicted octanol–water partition coefficient (Wildman–Crippen LogP) is 2.49. The number of halogens is 1. The van der Waals surface area contributed by atoms with Gasteiger partial charge in [-0.1, -0.05) is 0 Å². The van der Waals surface area contributed by atoms with E-state index in [0.717, 1.165) is 4.70 Å². The van der Waals surface area contributed by atoms with Crippen LogP contribution in [0.3, 0.4) is 0 Å². The Bertz CT molecular complexity index is 438. The average Bonchev–Trinajstić information content (AvgIpc) is 2.46. The number of benzene rings is 1. The lowest BCUT2D eigenvalue weighted by Crippen LogP contribution is -1.87. The highest BCUT2D eigenvalue weighted by atomic mass is 32.1. The van der Waals surface area contributed by atoms with Crippen molar-refractivity contribution in [1.82, 2.24) is 4.98 Å². The molecule has 0 aliphatic heterocycles. The van der Waals surface area contributed by atoms with Gasteiger partial charge in [-0.15, -0.1) is 11.3 Å². The van der Waals surface area contributed by atoms with Gasteiger partial charge in [0.25, 0.3) is 0 Å².